The van der Waals surface area contributed by atoms with E-state index in [1.54, 1.807) is 0 Å². The van der Waals surface area contributed by atoms with Crippen molar-refractivity contribution in [3.63, 3.8) is 0 Å². The van der Waals surface area contributed by atoms with Crippen LogP contribution in [0.25, 0.3) is 11.1 Å². The zero-order chi connectivity index (χ0) is 15.0. The molecule has 1 saturated heterocycles. The van der Waals surface area contributed by atoms with Gasteiger partial charge in [-0.15, -0.1) is 0 Å². The van der Waals surface area contributed by atoms with Crippen molar-refractivity contribution >= 4 is 0 Å². The lowest BCUT2D eigenvalue weighted by Gasteiger charge is -2.26. The fourth-order valence-electron chi connectivity index (χ4n) is 2.65. The predicted molar refractivity (Wildman–Crippen MR) is 88.1 cm³/mol. The molecular weight excluding hydrogens is 274 g/mol. The molecule has 0 bridgehead atoms. The Morgan fingerprint density at radius 2 is 1.86 bits per heavy atom. The van der Waals surface area contributed by atoms with Gasteiger partial charge in [0.2, 0.25) is 0 Å². The van der Waals surface area contributed by atoms with Crippen molar-refractivity contribution in [1.82, 2.24) is 4.90 Å². The fourth-order valence-corrected chi connectivity index (χ4v) is 2.65. The van der Waals surface area contributed by atoms with Gasteiger partial charge in [0.05, 0.1) is 19.8 Å². The summed E-state index contributed by atoms with van der Waals surface area (Å²) < 4.78 is 11.2. The Balaban J connectivity index is 1.48. The minimum Gasteiger partial charge on any atom is -0.494 e. The van der Waals surface area contributed by atoms with Crippen LogP contribution >= 0.6 is 0 Å². The third kappa shape index (κ3) is 4.33. The van der Waals surface area contributed by atoms with Crippen molar-refractivity contribution < 1.29 is 9.47 Å². The number of ether oxygens (including phenoxy) is 2. The van der Waals surface area contributed by atoms with Crippen molar-refractivity contribution in [3.8, 4) is 16.9 Å². The van der Waals surface area contributed by atoms with Crippen LogP contribution in [-0.4, -0.2) is 44.4 Å². The Morgan fingerprint density at radius 3 is 2.68 bits per heavy atom. The van der Waals surface area contributed by atoms with E-state index in [0.29, 0.717) is 0 Å². The molecule has 3 heteroatoms. The van der Waals surface area contributed by atoms with Gasteiger partial charge in [0, 0.05) is 19.6 Å². The Labute approximate surface area is 132 Å². The molecule has 0 N–H and O–H groups in total. The summed E-state index contributed by atoms with van der Waals surface area (Å²) in [5, 5.41) is 0. The molecule has 1 fully saturated rings. The van der Waals surface area contributed by atoms with Gasteiger partial charge in [0.25, 0.3) is 0 Å². The molecule has 1 radical (unpaired) electrons. The average Bonchev–Trinajstić information content (AvgIpc) is 2.61. The summed E-state index contributed by atoms with van der Waals surface area (Å²) in [5.41, 5.74) is 2.37. The minimum atomic E-state index is 0.753. The first-order valence-corrected chi connectivity index (χ1v) is 7.91. The van der Waals surface area contributed by atoms with Crippen LogP contribution in [0.1, 0.15) is 6.42 Å². The summed E-state index contributed by atoms with van der Waals surface area (Å²) in [6.45, 7) is 5.64. The first-order valence-electron chi connectivity index (χ1n) is 7.91. The van der Waals surface area contributed by atoms with Gasteiger partial charge in [-0.1, -0.05) is 36.4 Å². The van der Waals surface area contributed by atoms with E-state index in [1.165, 1.54) is 11.1 Å². The molecule has 1 heterocycles. The summed E-state index contributed by atoms with van der Waals surface area (Å²) in [5.74, 6) is 0.937. The highest BCUT2D eigenvalue weighted by atomic mass is 16.5. The van der Waals surface area contributed by atoms with E-state index in [0.717, 1.165) is 51.6 Å². The smallest absolute Gasteiger partial charge is 0.119 e. The van der Waals surface area contributed by atoms with Crippen LogP contribution in [0.15, 0.2) is 48.5 Å². The van der Waals surface area contributed by atoms with E-state index in [1.807, 2.05) is 24.3 Å². The molecule has 2 aromatic carbocycles. The van der Waals surface area contributed by atoms with Crippen LogP contribution in [0.5, 0.6) is 5.75 Å². The summed E-state index contributed by atoms with van der Waals surface area (Å²) >= 11 is 0. The standard InChI is InChI=1S/C19H22NO2/c1-2-6-17(7-3-1)18-8-4-9-19(16-18)22-13-5-10-20-11-14-21-15-12-20/h2-4,6-9,16H,5,10-15H2. The lowest BCUT2D eigenvalue weighted by Crippen LogP contribution is -2.37. The van der Waals surface area contributed by atoms with Gasteiger partial charge < -0.3 is 9.47 Å². The van der Waals surface area contributed by atoms with E-state index in [2.05, 4.69) is 35.2 Å². The second-order valence-corrected chi connectivity index (χ2v) is 5.47. The summed E-state index contributed by atoms with van der Waals surface area (Å²) in [6.07, 6.45) is 1.05. The second kappa shape index (κ2) is 7.97. The van der Waals surface area contributed by atoms with E-state index < -0.39 is 0 Å². The highest BCUT2D eigenvalue weighted by Crippen LogP contribution is 2.23. The van der Waals surface area contributed by atoms with Gasteiger partial charge in [-0.3, -0.25) is 4.90 Å². The van der Waals surface area contributed by atoms with Crippen LogP contribution in [0.4, 0.5) is 0 Å². The quantitative estimate of drug-likeness (QED) is 0.764. The van der Waals surface area contributed by atoms with Crippen LogP contribution in [0.3, 0.4) is 0 Å². The molecule has 0 spiro atoms. The van der Waals surface area contributed by atoms with Crippen molar-refractivity contribution in [2.24, 2.45) is 0 Å². The Morgan fingerprint density at radius 1 is 1.05 bits per heavy atom. The van der Waals surface area contributed by atoms with Crippen molar-refractivity contribution in [3.05, 3.63) is 54.6 Å². The van der Waals surface area contributed by atoms with E-state index in [9.17, 15) is 0 Å². The maximum Gasteiger partial charge on any atom is 0.119 e. The molecule has 0 saturated carbocycles. The summed E-state index contributed by atoms with van der Waals surface area (Å²) in [4.78, 5) is 2.43. The van der Waals surface area contributed by atoms with E-state index >= 15 is 0 Å². The predicted octanol–water partition coefficient (Wildman–Crippen LogP) is 3.25. The number of hydrogen-bond donors (Lipinski definition) is 0. The normalized spacial score (nSPS) is 15.6. The topological polar surface area (TPSA) is 21.7 Å². The van der Waals surface area contributed by atoms with E-state index in [-0.39, 0.29) is 0 Å². The SMILES string of the molecule is [c]1ccc(-c2cccc(OCCCN3CCOCC3)c2)cc1. The molecule has 115 valence electrons. The van der Waals surface area contributed by atoms with Crippen molar-refractivity contribution in [2.45, 2.75) is 6.42 Å². The number of nitrogens with zero attached hydrogens (tertiary/aromatic N) is 1. The maximum absolute atomic E-state index is 5.89. The number of morpholine rings is 1. The molecule has 3 rings (SSSR count). The fraction of sp³-hybridized carbons (Fsp3) is 0.368. The Bertz CT molecular complexity index is 565. The molecule has 0 aliphatic carbocycles. The minimum absolute atomic E-state index is 0.753. The lowest BCUT2D eigenvalue weighted by molar-refractivity contribution is 0.0358. The maximum atomic E-state index is 5.89. The highest BCUT2D eigenvalue weighted by molar-refractivity contribution is 5.64. The third-order valence-corrected chi connectivity index (χ3v) is 3.88. The van der Waals surface area contributed by atoms with Crippen LogP contribution < -0.4 is 4.74 Å². The van der Waals surface area contributed by atoms with Gasteiger partial charge in [-0.2, -0.15) is 0 Å². The van der Waals surface area contributed by atoms with Gasteiger partial charge in [-0.25, -0.2) is 0 Å². The lowest BCUT2D eigenvalue weighted by atomic mass is 10.1. The number of rotatable bonds is 6. The molecule has 1 aliphatic rings. The number of hydrogen-bond acceptors (Lipinski definition) is 3. The summed E-state index contributed by atoms with van der Waals surface area (Å²) in [7, 11) is 0. The average molecular weight is 296 g/mol. The highest BCUT2D eigenvalue weighted by Gasteiger charge is 2.09. The molecule has 0 amide bonds. The molecule has 22 heavy (non-hydrogen) atoms. The third-order valence-electron chi connectivity index (χ3n) is 3.88. The monoisotopic (exact) mass is 296 g/mol. The zero-order valence-corrected chi connectivity index (χ0v) is 12.8. The number of benzene rings is 2. The van der Waals surface area contributed by atoms with Crippen LogP contribution in [0.2, 0.25) is 0 Å². The zero-order valence-electron chi connectivity index (χ0n) is 12.8. The van der Waals surface area contributed by atoms with Gasteiger partial charge in [0.15, 0.2) is 0 Å². The van der Waals surface area contributed by atoms with Gasteiger partial charge in [-0.05, 0) is 35.7 Å². The molecular formula is C19H22NO2. The van der Waals surface area contributed by atoms with Crippen molar-refractivity contribution in [1.29, 1.82) is 0 Å². The molecule has 0 atom stereocenters. The van der Waals surface area contributed by atoms with Crippen LogP contribution in [-0.2, 0) is 4.74 Å². The van der Waals surface area contributed by atoms with E-state index in [4.69, 9.17) is 9.47 Å². The molecule has 0 aromatic heterocycles. The largest absolute Gasteiger partial charge is 0.494 e. The van der Waals surface area contributed by atoms with Gasteiger partial charge in [0.1, 0.15) is 5.75 Å². The first kappa shape index (κ1) is 15.1. The molecule has 0 unspecified atom stereocenters. The Kier molecular flexibility index (Phi) is 5.46. The van der Waals surface area contributed by atoms with Crippen LogP contribution in [0, 0.1) is 6.07 Å². The van der Waals surface area contributed by atoms with Crippen molar-refractivity contribution in [2.75, 3.05) is 39.5 Å². The first-order chi connectivity index (χ1) is 10.9. The molecule has 2 aromatic rings. The molecule has 3 nitrogen and oxygen atoms in total. The van der Waals surface area contributed by atoms with Gasteiger partial charge >= 0.3 is 0 Å². The molecule has 1 aliphatic heterocycles. The Hall–Kier alpha value is -1.84. The summed E-state index contributed by atoms with van der Waals surface area (Å²) in [6, 6.07) is 19.3. The second-order valence-electron chi connectivity index (χ2n) is 5.47.